The van der Waals surface area contributed by atoms with Crippen LogP contribution in [-0.4, -0.2) is 37.2 Å². The maximum atomic E-state index is 11.5. The number of sulfonamides is 1. The molecular formula is C9H18N2O5S. The first kappa shape index (κ1) is 15.9. The second-order valence-electron chi connectivity index (χ2n) is 4.19. The van der Waals surface area contributed by atoms with Crippen LogP contribution < -0.4 is 10.5 Å². The molecule has 0 radical (unpaired) electrons. The van der Waals surface area contributed by atoms with Gasteiger partial charge in [-0.1, -0.05) is 13.8 Å². The molecule has 0 aliphatic heterocycles. The third-order valence-electron chi connectivity index (χ3n) is 1.85. The van der Waals surface area contributed by atoms with E-state index in [9.17, 15) is 18.0 Å². The summed E-state index contributed by atoms with van der Waals surface area (Å²) < 4.78 is 25.1. The molecule has 1 amide bonds. The highest BCUT2D eigenvalue weighted by Crippen LogP contribution is 2.03. The maximum absolute atomic E-state index is 11.5. The molecule has 0 saturated heterocycles. The van der Waals surface area contributed by atoms with Gasteiger partial charge in [-0.05, 0) is 12.3 Å². The fourth-order valence-corrected chi connectivity index (χ4v) is 2.85. The van der Waals surface area contributed by atoms with E-state index in [2.05, 4.69) is 0 Å². The molecule has 1 atom stereocenters. The Hall–Kier alpha value is -1.15. The van der Waals surface area contributed by atoms with Gasteiger partial charge < -0.3 is 10.8 Å². The molecule has 4 N–H and O–H groups in total. The van der Waals surface area contributed by atoms with E-state index in [-0.39, 0.29) is 24.5 Å². The summed E-state index contributed by atoms with van der Waals surface area (Å²) in [6.45, 7) is 3.41. The first-order chi connectivity index (χ1) is 7.64. The molecule has 7 nitrogen and oxygen atoms in total. The number of rotatable bonds is 8. The summed E-state index contributed by atoms with van der Waals surface area (Å²) in [4.78, 5) is 21.3. The Labute approximate surface area is 100 Å². The van der Waals surface area contributed by atoms with E-state index in [1.54, 1.807) is 13.8 Å². The Kier molecular flexibility index (Phi) is 6.11. The average Bonchev–Trinajstić information content (AvgIpc) is 2.09. The van der Waals surface area contributed by atoms with Gasteiger partial charge in [-0.15, -0.1) is 0 Å². The molecule has 0 spiro atoms. The zero-order valence-electron chi connectivity index (χ0n) is 9.84. The molecule has 0 saturated carbocycles. The second kappa shape index (κ2) is 6.55. The molecule has 0 unspecified atom stereocenters. The van der Waals surface area contributed by atoms with Crippen LogP contribution in [0, 0.1) is 5.92 Å². The van der Waals surface area contributed by atoms with Gasteiger partial charge in [0.2, 0.25) is 15.9 Å². The van der Waals surface area contributed by atoms with Crippen LogP contribution in [0.1, 0.15) is 26.7 Å². The molecule has 0 aromatic heterocycles. The summed E-state index contributed by atoms with van der Waals surface area (Å²) in [5.41, 5.74) is 4.88. The first-order valence-electron chi connectivity index (χ1n) is 5.15. The van der Waals surface area contributed by atoms with E-state index in [0.717, 1.165) is 0 Å². The highest BCUT2D eigenvalue weighted by Gasteiger charge is 2.24. The van der Waals surface area contributed by atoms with Gasteiger partial charge in [-0.3, -0.25) is 9.59 Å². The summed E-state index contributed by atoms with van der Waals surface area (Å²) in [6, 6.07) is -1.31. The standard InChI is InChI=1S/C9H18N2O5S/c1-6(2)5-17(15,16)11-7(9(13)14)3-4-8(10)12/h6-7,11H,3-5H2,1-2H3,(H2,10,12)(H,13,14)/t7-/m0/s1. The third kappa shape index (κ3) is 7.70. The van der Waals surface area contributed by atoms with Crippen LogP contribution in [-0.2, 0) is 19.6 Å². The summed E-state index contributed by atoms with van der Waals surface area (Å²) >= 11 is 0. The quantitative estimate of drug-likeness (QED) is 0.534. The summed E-state index contributed by atoms with van der Waals surface area (Å²) in [6.07, 6.45) is -0.330. The van der Waals surface area contributed by atoms with Crippen LogP contribution in [0.25, 0.3) is 0 Å². The minimum Gasteiger partial charge on any atom is -0.480 e. The number of carbonyl (C=O) groups is 2. The molecule has 0 bridgehead atoms. The lowest BCUT2D eigenvalue weighted by atomic mass is 10.2. The van der Waals surface area contributed by atoms with E-state index in [0.29, 0.717) is 0 Å². The monoisotopic (exact) mass is 266 g/mol. The molecule has 0 aromatic rings. The summed E-state index contributed by atoms with van der Waals surface area (Å²) in [5.74, 6) is -2.26. The topological polar surface area (TPSA) is 127 Å². The number of hydrogen-bond acceptors (Lipinski definition) is 4. The van der Waals surface area contributed by atoms with Crippen molar-refractivity contribution in [3.05, 3.63) is 0 Å². The van der Waals surface area contributed by atoms with Crippen molar-refractivity contribution < 1.29 is 23.1 Å². The first-order valence-corrected chi connectivity index (χ1v) is 6.80. The highest BCUT2D eigenvalue weighted by atomic mass is 32.2. The number of aliphatic carboxylic acids is 1. The third-order valence-corrected chi connectivity index (χ3v) is 3.60. The van der Waals surface area contributed by atoms with Crippen molar-refractivity contribution in [3.63, 3.8) is 0 Å². The van der Waals surface area contributed by atoms with Gasteiger partial charge in [0.25, 0.3) is 0 Å². The van der Waals surface area contributed by atoms with Crippen molar-refractivity contribution in [2.75, 3.05) is 5.75 Å². The number of carboxylic acids is 1. The van der Waals surface area contributed by atoms with E-state index >= 15 is 0 Å². The molecule has 0 heterocycles. The molecule has 0 rings (SSSR count). The van der Waals surface area contributed by atoms with Gasteiger partial charge in [-0.25, -0.2) is 13.1 Å². The normalized spacial score (nSPS) is 13.6. The van der Waals surface area contributed by atoms with Gasteiger partial charge in [0.15, 0.2) is 0 Å². The maximum Gasteiger partial charge on any atom is 0.321 e. The highest BCUT2D eigenvalue weighted by molar-refractivity contribution is 7.89. The Morgan fingerprint density at radius 3 is 2.24 bits per heavy atom. The average molecular weight is 266 g/mol. The second-order valence-corrected chi connectivity index (χ2v) is 5.99. The summed E-state index contributed by atoms with van der Waals surface area (Å²) in [7, 11) is -3.66. The van der Waals surface area contributed by atoms with Crippen molar-refractivity contribution in [1.29, 1.82) is 0 Å². The molecule has 0 fully saturated rings. The number of amides is 1. The molecule has 100 valence electrons. The van der Waals surface area contributed by atoms with E-state index in [1.165, 1.54) is 0 Å². The van der Waals surface area contributed by atoms with Crippen molar-refractivity contribution in [2.45, 2.75) is 32.7 Å². The summed E-state index contributed by atoms with van der Waals surface area (Å²) in [5, 5.41) is 8.80. The zero-order valence-corrected chi connectivity index (χ0v) is 10.7. The number of carbonyl (C=O) groups excluding carboxylic acids is 1. The van der Waals surface area contributed by atoms with Gasteiger partial charge >= 0.3 is 5.97 Å². The molecule has 8 heteroatoms. The fourth-order valence-electron chi connectivity index (χ4n) is 1.22. The SMILES string of the molecule is CC(C)CS(=O)(=O)N[C@@H](CCC(N)=O)C(=O)O. The molecular weight excluding hydrogens is 248 g/mol. The van der Waals surface area contributed by atoms with Gasteiger partial charge in [-0.2, -0.15) is 0 Å². The number of nitrogens with two attached hydrogens (primary N) is 1. The molecule has 0 aliphatic carbocycles. The minimum absolute atomic E-state index is 0.113. The van der Waals surface area contributed by atoms with Crippen molar-refractivity contribution >= 4 is 21.9 Å². The van der Waals surface area contributed by atoms with Crippen LogP contribution in [0.3, 0.4) is 0 Å². The van der Waals surface area contributed by atoms with Crippen molar-refractivity contribution in [2.24, 2.45) is 11.7 Å². The molecule has 17 heavy (non-hydrogen) atoms. The van der Waals surface area contributed by atoms with Crippen LogP contribution >= 0.6 is 0 Å². The van der Waals surface area contributed by atoms with E-state index in [4.69, 9.17) is 10.8 Å². The van der Waals surface area contributed by atoms with Crippen LogP contribution in [0.5, 0.6) is 0 Å². The largest absolute Gasteiger partial charge is 0.480 e. The molecule has 0 aromatic carbocycles. The lowest BCUT2D eigenvalue weighted by Crippen LogP contribution is -2.43. The Morgan fingerprint density at radius 2 is 1.88 bits per heavy atom. The van der Waals surface area contributed by atoms with Crippen molar-refractivity contribution in [3.8, 4) is 0 Å². The lowest BCUT2D eigenvalue weighted by Gasteiger charge is -2.15. The predicted molar refractivity (Wildman–Crippen MR) is 61.6 cm³/mol. The lowest BCUT2D eigenvalue weighted by molar-refractivity contribution is -0.139. The Balaban J connectivity index is 4.54. The zero-order chi connectivity index (χ0) is 13.6. The Bertz CT molecular complexity index is 377. The van der Waals surface area contributed by atoms with Crippen LogP contribution in [0.2, 0.25) is 0 Å². The number of carboxylic acid groups (broad SMARTS) is 1. The predicted octanol–water partition coefficient (Wildman–Crippen LogP) is -0.719. The number of nitrogens with one attached hydrogen (secondary N) is 1. The molecule has 0 aliphatic rings. The minimum atomic E-state index is -3.66. The smallest absolute Gasteiger partial charge is 0.321 e. The van der Waals surface area contributed by atoms with E-state index in [1.807, 2.05) is 4.72 Å². The van der Waals surface area contributed by atoms with Crippen LogP contribution in [0.15, 0.2) is 0 Å². The number of primary amides is 1. The van der Waals surface area contributed by atoms with Crippen LogP contribution in [0.4, 0.5) is 0 Å². The fraction of sp³-hybridized carbons (Fsp3) is 0.778. The van der Waals surface area contributed by atoms with Gasteiger partial charge in [0.1, 0.15) is 6.04 Å². The van der Waals surface area contributed by atoms with E-state index < -0.39 is 27.9 Å². The van der Waals surface area contributed by atoms with Gasteiger partial charge in [0.05, 0.1) is 5.75 Å². The number of hydrogen-bond donors (Lipinski definition) is 3. The van der Waals surface area contributed by atoms with Crippen molar-refractivity contribution in [1.82, 2.24) is 4.72 Å². The Morgan fingerprint density at radius 1 is 1.35 bits per heavy atom. The van der Waals surface area contributed by atoms with Gasteiger partial charge in [0, 0.05) is 6.42 Å².